The molecule has 3 atom stereocenters. The number of rotatable bonds is 5. The number of nitrogens with one attached hydrogen (secondary N) is 1. The van der Waals surface area contributed by atoms with Crippen molar-refractivity contribution in [1.82, 2.24) is 5.32 Å². The highest BCUT2D eigenvalue weighted by atomic mass is 32.2. The Morgan fingerprint density at radius 1 is 1.03 bits per heavy atom. The molecule has 13 heteroatoms. The molecule has 0 aromatic heterocycles. The summed E-state index contributed by atoms with van der Waals surface area (Å²) in [7, 11) is -6.05. The Labute approximate surface area is 197 Å². The van der Waals surface area contributed by atoms with Gasteiger partial charge in [0.1, 0.15) is 11.5 Å². The molecule has 2 heterocycles. The third-order valence-electron chi connectivity index (χ3n) is 6.09. The van der Waals surface area contributed by atoms with Crippen molar-refractivity contribution in [2.75, 3.05) is 13.2 Å². The second kappa shape index (κ2) is 9.17. The summed E-state index contributed by atoms with van der Waals surface area (Å²) in [6, 6.07) is 11.3. The molecule has 0 bridgehead atoms. The van der Waals surface area contributed by atoms with Gasteiger partial charge >= 0.3 is 22.0 Å². The van der Waals surface area contributed by atoms with Crippen LogP contribution in [0, 0.1) is 0 Å². The van der Waals surface area contributed by atoms with E-state index < -0.39 is 45.0 Å². The van der Waals surface area contributed by atoms with Gasteiger partial charge in [-0.3, -0.25) is 0 Å². The van der Waals surface area contributed by atoms with Crippen molar-refractivity contribution in [3.63, 3.8) is 0 Å². The van der Waals surface area contributed by atoms with E-state index in [0.717, 1.165) is 24.1 Å². The molecular weight excluding hydrogens is 504 g/mol. The Balaban J connectivity index is 1.70. The van der Waals surface area contributed by atoms with E-state index in [9.17, 15) is 34.8 Å². The van der Waals surface area contributed by atoms with Gasteiger partial charge in [0.2, 0.25) is 0 Å². The van der Waals surface area contributed by atoms with Gasteiger partial charge in [-0.1, -0.05) is 30.3 Å². The second-order valence-electron chi connectivity index (χ2n) is 8.41. The lowest BCUT2D eigenvalue weighted by molar-refractivity contribution is -0.274. The van der Waals surface area contributed by atoms with Crippen molar-refractivity contribution in [2.45, 2.75) is 48.7 Å². The minimum atomic E-state index is -6.05. The maximum atomic E-state index is 12.9. The summed E-state index contributed by atoms with van der Waals surface area (Å²) in [4.78, 5) is 0. The molecule has 4 rings (SSSR count). The molecule has 6 nitrogen and oxygen atoms in total. The Bertz CT molecular complexity index is 1160. The first-order valence-corrected chi connectivity index (χ1v) is 12.0. The number of alkyl halides is 6. The summed E-state index contributed by atoms with van der Waals surface area (Å²) in [5.41, 5.74) is -5.79. The van der Waals surface area contributed by atoms with Crippen molar-refractivity contribution >= 4 is 10.1 Å². The highest BCUT2D eigenvalue weighted by Gasteiger charge is 2.51. The number of hydrogen-bond donors (Lipinski definition) is 1. The molecule has 1 N–H and O–H groups in total. The van der Waals surface area contributed by atoms with E-state index in [2.05, 4.69) is 14.2 Å². The average Bonchev–Trinajstić information content (AvgIpc) is 3.17. The minimum Gasteiger partial charge on any atom is -0.406 e. The van der Waals surface area contributed by atoms with Gasteiger partial charge in [0.15, 0.2) is 0 Å². The molecule has 35 heavy (non-hydrogen) atoms. The summed E-state index contributed by atoms with van der Waals surface area (Å²) < 4.78 is 115. The number of hydrogen-bond acceptors (Lipinski definition) is 6. The molecule has 2 aliphatic heterocycles. The lowest BCUT2D eigenvalue weighted by Crippen LogP contribution is -2.48. The van der Waals surface area contributed by atoms with Crippen LogP contribution in [-0.2, 0) is 14.9 Å². The molecule has 2 aromatic rings. The van der Waals surface area contributed by atoms with Crippen LogP contribution in [0.1, 0.15) is 42.3 Å². The van der Waals surface area contributed by atoms with Crippen LogP contribution in [0.2, 0.25) is 0 Å². The van der Waals surface area contributed by atoms with Crippen LogP contribution in [0.3, 0.4) is 0 Å². The van der Waals surface area contributed by atoms with Crippen molar-refractivity contribution in [2.24, 2.45) is 0 Å². The van der Waals surface area contributed by atoms with Crippen LogP contribution in [0.4, 0.5) is 26.3 Å². The monoisotopic (exact) mass is 525 g/mol. The zero-order valence-corrected chi connectivity index (χ0v) is 18.8. The smallest absolute Gasteiger partial charge is 0.406 e. The quantitative estimate of drug-likeness (QED) is 0.330. The number of benzene rings is 2. The first-order chi connectivity index (χ1) is 16.3. The Kier molecular flexibility index (Phi) is 6.70. The van der Waals surface area contributed by atoms with Crippen molar-refractivity contribution < 1.29 is 48.4 Å². The van der Waals surface area contributed by atoms with E-state index in [1.165, 1.54) is 0 Å². The molecule has 0 amide bonds. The van der Waals surface area contributed by atoms with Crippen molar-refractivity contribution in [3.05, 3.63) is 59.7 Å². The standard InChI is InChI=1S/C22H21F6NO5S/c23-21(24,25)33-16-7-8-18(34-35(30,31)22(26,27)28)17(11-16)15-12-20(32-13-15)9-4-10-29-19(20)14-5-2-1-3-6-14/h1-3,5-8,11,15,19,29H,4,9-10,12-13H2/t15-,19-,20+/m0/s1. The summed E-state index contributed by atoms with van der Waals surface area (Å²) in [5, 5.41) is 3.38. The maximum absolute atomic E-state index is 12.9. The fraction of sp³-hybridized carbons (Fsp3) is 0.455. The lowest BCUT2D eigenvalue weighted by atomic mass is 9.77. The van der Waals surface area contributed by atoms with Crippen LogP contribution in [-0.4, -0.2) is 39.0 Å². The second-order valence-corrected chi connectivity index (χ2v) is 9.95. The molecule has 2 saturated heterocycles. The average molecular weight is 525 g/mol. The normalized spacial score (nSPS) is 25.5. The van der Waals surface area contributed by atoms with E-state index in [0.29, 0.717) is 19.0 Å². The minimum absolute atomic E-state index is 0.0666. The van der Waals surface area contributed by atoms with E-state index in [1.54, 1.807) is 0 Å². The third kappa shape index (κ3) is 5.51. The van der Waals surface area contributed by atoms with E-state index >= 15 is 0 Å². The van der Waals surface area contributed by atoms with Gasteiger partial charge in [-0.05, 0) is 49.6 Å². The fourth-order valence-electron chi connectivity index (χ4n) is 4.69. The molecule has 0 saturated carbocycles. The van der Waals surface area contributed by atoms with Crippen LogP contribution in [0.25, 0.3) is 0 Å². The highest BCUT2D eigenvalue weighted by molar-refractivity contribution is 7.88. The van der Waals surface area contributed by atoms with Gasteiger partial charge in [-0.25, -0.2) is 0 Å². The Morgan fingerprint density at radius 2 is 1.74 bits per heavy atom. The molecule has 2 aliphatic rings. The summed E-state index contributed by atoms with van der Waals surface area (Å²) in [6.07, 6.45) is -3.53. The first kappa shape index (κ1) is 25.6. The Morgan fingerprint density at radius 3 is 2.40 bits per heavy atom. The predicted octanol–water partition coefficient (Wildman–Crippen LogP) is 5.18. The molecule has 192 valence electrons. The van der Waals surface area contributed by atoms with E-state index in [1.807, 2.05) is 30.3 Å². The van der Waals surface area contributed by atoms with Gasteiger partial charge in [0, 0.05) is 11.5 Å². The van der Waals surface area contributed by atoms with Gasteiger partial charge < -0.3 is 19.0 Å². The summed E-state index contributed by atoms with van der Waals surface area (Å²) >= 11 is 0. The van der Waals surface area contributed by atoms with Crippen LogP contribution in [0.15, 0.2) is 48.5 Å². The fourth-order valence-corrected chi connectivity index (χ4v) is 5.17. The maximum Gasteiger partial charge on any atom is 0.573 e. The molecule has 2 fully saturated rings. The van der Waals surface area contributed by atoms with Gasteiger partial charge in [-0.2, -0.15) is 21.6 Å². The first-order valence-electron chi connectivity index (χ1n) is 10.6. The van der Waals surface area contributed by atoms with Gasteiger partial charge in [0.25, 0.3) is 0 Å². The summed E-state index contributed by atoms with van der Waals surface area (Å²) in [5.74, 6) is -2.20. The van der Waals surface area contributed by atoms with Crippen molar-refractivity contribution in [1.29, 1.82) is 0 Å². The van der Waals surface area contributed by atoms with Crippen LogP contribution in [0.5, 0.6) is 11.5 Å². The van der Waals surface area contributed by atoms with Crippen LogP contribution < -0.4 is 14.2 Å². The molecule has 0 unspecified atom stereocenters. The molecule has 0 radical (unpaired) electrons. The van der Waals surface area contributed by atoms with E-state index in [-0.39, 0.29) is 24.6 Å². The highest BCUT2D eigenvalue weighted by Crippen LogP contribution is 2.50. The lowest BCUT2D eigenvalue weighted by Gasteiger charge is -2.41. The van der Waals surface area contributed by atoms with E-state index in [4.69, 9.17) is 4.74 Å². The van der Waals surface area contributed by atoms with Gasteiger partial charge in [-0.15, -0.1) is 13.2 Å². The molecule has 0 aliphatic carbocycles. The Hall–Kier alpha value is -2.51. The number of piperidine rings is 1. The molecule has 1 spiro atoms. The largest absolute Gasteiger partial charge is 0.573 e. The number of ether oxygens (including phenoxy) is 2. The zero-order valence-electron chi connectivity index (χ0n) is 18.0. The zero-order chi connectivity index (χ0) is 25.5. The molecular formula is C22H21F6NO5S. The molecule has 2 aromatic carbocycles. The third-order valence-corrected chi connectivity index (χ3v) is 7.05. The number of halogens is 6. The SMILES string of the molecule is O=S(=O)(Oc1ccc(OC(F)(F)F)cc1[C@@H]1CO[C@]2(CCCN[C@H]2c2ccccc2)C1)C(F)(F)F. The predicted molar refractivity (Wildman–Crippen MR) is 111 cm³/mol. The topological polar surface area (TPSA) is 73.9 Å². The van der Waals surface area contributed by atoms with Crippen LogP contribution >= 0.6 is 0 Å². The van der Waals surface area contributed by atoms with Gasteiger partial charge in [0.05, 0.1) is 18.2 Å². The summed E-state index contributed by atoms with van der Waals surface area (Å²) in [6.45, 7) is 0.630. The van der Waals surface area contributed by atoms with Crippen molar-refractivity contribution in [3.8, 4) is 11.5 Å².